The number of halogens is 1. The Labute approximate surface area is 57.8 Å². The maximum Gasteiger partial charge on any atom is 0.237 e. The molecule has 0 saturated carbocycles. The van der Waals surface area contributed by atoms with Crippen molar-refractivity contribution >= 4 is 0 Å². The van der Waals surface area contributed by atoms with Crippen LogP contribution in [0.15, 0.2) is 18.3 Å². The number of hydrogen-bond donors (Lipinski definition) is 1. The maximum absolute atomic E-state index is 12.2. The van der Waals surface area contributed by atoms with Crippen LogP contribution >= 0.6 is 0 Å². The van der Waals surface area contributed by atoms with E-state index in [0.717, 1.165) is 6.20 Å². The second-order valence-electron chi connectivity index (χ2n) is 1.62. The van der Waals surface area contributed by atoms with Crippen molar-refractivity contribution in [2.45, 2.75) is 0 Å². The molecule has 1 rings (SSSR count). The number of hydrogen-bond acceptors (Lipinski definition) is 3. The van der Waals surface area contributed by atoms with Gasteiger partial charge in [0.25, 0.3) is 0 Å². The molecule has 0 radical (unpaired) electrons. The molecule has 1 heterocycles. The van der Waals surface area contributed by atoms with E-state index in [4.69, 9.17) is 4.84 Å². The van der Waals surface area contributed by atoms with Gasteiger partial charge in [-0.3, -0.25) is 0 Å². The van der Waals surface area contributed by atoms with Crippen LogP contribution in [-0.4, -0.2) is 12.0 Å². The van der Waals surface area contributed by atoms with Gasteiger partial charge in [-0.25, -0.2) is 9.37 Å². The van der Waals surface area contributed by atoms with Crippen LogP contribution in [-0.2, 0) is 0 Å². The fourth-order valence-electron chi connectivity index (χ4n) is 0.527. The first-order valence-electron chi connectivity index (χ1n) is 2.78. The molecule has 0 fully saturated rings. The predicted octanol–water partition coefficient (Wildman–Crippen LogP) is 0.734. The third-order valence-corrected chi connectivity index (χ3v) is 0.907. The molecule has 0 unspecified atom stereocenters. The Hall–Kier alpha value is -1.16. The van der Waals surface area contributed by atoms with Crippen molar-refractivity contribution in [2.75, 3.05) is 7.05 Å². The molecule has 0 aliphatic heterocycles. The van der Waals surface area contributed by atoms with Crippen LogP contribution in [0.5, 0.6) is 5.88 Å². The summed E-state index contributed by atoms with van der Waals surface area (Å²) < 4.78 is 12.2. The fourth-order valence-corrected chi connectivity index (χ4v) is 0.527. The summed E-state index contributed by atoms with van der Waals surface area (Å²) in [6.07, 6.45) is 1.09. The molecule has 0 atom stereocenters. The normalized spacial score (nSPS) is 9.40. The molecule has 1 aromatic heterocycles. The summed E-state index contributed by atoms with van der Waals surface area (Å²) in [4.78, 5) is 8.34. The Morgan fingerprint density at radius 2 is 2.40 bits per heavy atom. The summed E-state index contributed by atoms with van der Waals surface area (Å²) in [5.41, 5.74) is 2.42. The molecule has 3 nitrogen and oxygen atoms in total. The topological polar surface area (TPSA) is 34.1 Å². The van der Waals surface area contributed by atoms with Crippen LogP contribution in [0.4, 0.5) is 4.39 Å². The maximum atomic E-state index is 12.2. The SMILES string of the molecule is CNOc1ccc(F)cn1. The van der Waals surface area contributed by atoms with E-state index in [0.29, 0.717) is 5.88 Å². The van der Waals surface area contributed by atoms with Gasteiger partial charge in [-0.2, -0.15) is 5.48 Å². The number of pyridine rings is 1. The van der Waals surface area contributed by atoms with Crippen LogP contribution in [0.1, 0.15) is 0 Å². The third-order valence-electron chi connectivity index (χ3n) is 0.907. The molecule has 1 aromatic rings. The molecule has 0 aromatic carbocycles. The second kappa shape index (κ2) is 3.12. The Bertz CT molecular complexity index is 199. The van der Waals surface area contributed by atoms with Crippen molar-refractivity contribution in [2.24, 2.45) is 0 Å². The summed E-state index contributed by atoms with van der Waals surface area (Å²) in [5, 5.41) is 0. The van der Waals surface area contributed by atoms with Crippen LogP contribution in [0.2, 0.25) is 0 Å². The monoisotopic (exact) mass is 142 g/mol. The summed E-state index contributed by atoms with van der Waals surface area (Å²) in [6, 6.07) is 2.71. The standard InChI is InChI=1S/C6H7FN2O/c1-8-10-6-3-2-5(7)4-9-6/h2-4,8H,1H3. The van der Waals surface area contributed by atoms with Crippen LogP contribution in [0.25, 0.3) is 0 Å². The summed E-state index contributed by atoms with van der Waals surface area (Å²) in [5.74, 6) is -0.0210. The van der Waals surface area contributed by atoms with Gasteiger partial charge in [-0.05, 0) is 6.07 Å². The first kappa shape index (κ1) is 6.95. The van der Waals surface area contributed by atoms with Gasteiger partial charge in [0.2, 0.25) is 5.88 Å². The first-order chi connectivity index (χ1) is 4.83. The lowest BCUT2D eigenvalue weighted by Crippen LogP contribution is -2.11. The number of nitrogens with zero attached hydrogens (tertiary/aromatic N) is 1. The van der Waals surface area contributed by atoms with Gasteiger partial charge in [-0.1, -0.05) is 0 Å². The third kappa shape index (κ3) is 1.66. The average Bonchev–Trinajstić information content (AvgIpc) is 1.95. The first-order valence-corrected chi connectivity index (χ1v) is 2.78. The molecule has 0 bridgehead atoms. The Balaban J connectivity index is 2.69. The summed E-state index contributed by atoms with van der Waals surface area (Å²) in [6.45, 7) is 0. The molecular formula is C6H7FN2O. The summed E-state index contributed by atoms with van der Waals surface area (Å²) in [7, 11) is 1.60. The fraction of sp³-hybridized carbons (Fsp3) is 0.167. The molecule has 0 amide bonds. The van der Waals surface area contributed by atoms with E-state index in [2.05, 4.69) is 10.5 Å². The minimum atomic E-state index is -0.372. The summed E-state index contributed by atoms with van der Waals surface area (Å²) >= 11 is 0. The number of aromatic nitrogens is 1. The number of hydroxylamine groups is 1. The van der Waals surface area contributed by atoms with Gasteiger partial charge in [0.1, 0.15) is 5.82 Å². The molecule has 0 spiro atoms. The van der Waals surface area contributed by atoms with Crippen LogP contribution in [0.3, 0.4) is 0 Å². The Morgan fingerprint density at radius 3 is 2.90 bits per heavy atom. The zero-order valence-electron chi connectivity index (χ0n) is 5.47. The van der Waals surface area contributed by atoms with Gasteiger partial charge in [0.05, 0.1) is 6.20 Å². The molecule has 54 valence electrons. The highest BCUT2D eigenvalue weighted by molar-refractivity contribution is 5.09. The van der Waals surface area contributed by atoms with Gasteiger partial charge in [0.15, 0.2) is 0 Å². The van der Waals surface area contributed by atoms with E-state index < -0.39 is 0 Å². The molecule has 1 N–H and O–H groups in total. The highest BCUT2D eigenvalue weighted by Crippen LogP contribution is 2.03. The molecule has 4 heteroatoms. The smallest absolute Gasteiger partial charge is 0.237 e. The van der Waals surface area contributed by atoms with Gasteiger partial charge < -0.3 is 4.84 Å². The number of nitrogens with one attached hydrogen (secondary N) is 1. The van der Waals surface area contributed by atoms with Gasteiger partial charge >= 0.3 is 0 Å². The van der Waals surface area contributed by atoms with Crippen molar-refractivity contribution in [3.63, 3.8) is 0 Å². The molecule has 0 aliphatic carbocycles. The largest absolute Gasteiger partial charge is 0.389 e. The van der Waals surface area contributed by atoms with E-state index in [1.54, 1.807) is 7.05 Å². The van der Waals surface area contributed by atoms with Gasteiger partial charge in [-0.15, -0.1) is 0 Å². The van der Waals surface area contributed by atoms with Crippen molar-refractivity contribution < 1.29 is 9.23 Å². The van der Waals surface area contributed by atoms with Crippen molar-refractivity contribution in [1.82, 2.24) is 10.5 Å². The molecular weight excluding hydrogens is 135 g/mol. The van der Waals surface area contributed by atoms with E-state index >= 15 is 0 Å². The van der Waals surface area contributed by atoms with Crippen molar-refractivity contribution in [1.29, 1.82) is 0 Å². The molecule has 10 heavy (non-hydrogen) atoms. The lowest BCUT2D eigenvalue weighted by atomic mass is 10.5. The van der Waals surface area contributed by atoms with E-state index in [1.807, 2.05) is 0 Å². The highest BCUT2D eigenvalue weighted by Gasteiger charge is 1.92. The lowest BCUT2D eigenvalue weighted by molar-refractivity contribution is 0.213. The minimum absolute atomic E-state index is 0.351. The quantitative estimate of drug-likeness (QED) is 0.618. The minimum Gasteiger partial charge on any atom is -0.389 e. The van der Waals surface area contributed by atoms with Crippen molar-refractivity contribution in [3.05, 3.63) is 24.1 Å². The Morgan fingerprint density at radius 1 is 1.60 bits per heavy atom. The van der Waals surface area contributed by atoms with E-state index in [9.17, 15) is 4.39 Å². The van der Waals surface area contributed by atoms with Crippen molar-refractivity contribution in [3.8, 4) is 5.88 Å². The zero-order valence-corrected chi connectivity index (χ0v) is 5.47. The Kier molecular flexibility index (Phi) is 2.17. The van der Waals surface area contributed by atoms with E-state index in [-0.39, 0.29) is 5.82 Å². The van der Waals surface area contributed by atoms with Crippen LogP contribution in [0, 0.1) is 5.82 Å². The predicted molar refractivity (Wildman–Crippen MR) is 33.9 cm³/mol. The average molecular weight is 142 g/mol. The van der Waals surface area contributed by atoms with Crippen LogP contribution < -0.4 is 10.3 Å². The highest BCUT2D eigenvalue weighted by atomic mass is 19.1. The second-order valence-corrected chi connectivity index (χ2v) is 1.62. The number of rotatable bonds is 2. The van der Waals surface area contributed by atoms with Gasteiger partial charge in [0, 0.05) is 13.1 Å². The molecule has 0 saturated heterocycles. The van der Waals surface area contributed by atoms with E-state index in [1.165, 1.54) is 12.1 Å². The zero-order chi connectivity index (χ0) is 7.40. The lowest BCUT2D eigenvalue weighted by Gasteiger charge is -1.98. The molecule has 0 aliphatic rings.